The molecule has 2 rings (SSSR count). The van der Waals surface area contributed by atoms with Crippen LogP contribution in [-0.2, 0) is 13.1 Å². The molecule has 0 aliphatic heterocycles. The molecule has 90 valence electrons. The number of hydrogen-bond acceptors (Lipinski definition) is 2. The van der Waals surface area contributed by atoms with Crippen molar-refractivity contribution < 1.29 is 4.39 Å². The highest BCUT2D eigenvalue weighted by molar-refractivity contribution is 7.08. The Bertz CT molecular complexity index is 510. The molecule has 0 amide bonds. The first kappa shape index (κ1) is 12.6. The normalized spacial score (nSPS) is 10.8. The molecule has 0 atom stereocenters. The molecule has 0 unspecified atom stereocenters. The molecule has 1 N–H and O–H groups in total. The average Bonchev–Trinajstić information content (AvgIpc) is 2.70. The lowest BCUT2D eigenvalue weighted by Crippen LogP contribution is -2.12. The molecule has 0 aliphatic carbocycles. The third-order valence-corrected chi connectivity index (χ3v) is 3.79. The van der Waals surface area contributed by atoms with E-state index in [1.54, 1.807) is 23.5 Å². The van der Waals surface area contributed by atoms with Gasteiger partial charge in [0.1, 0.15) is 5.82 Å². The molecule has 0 saturated carbocycles. The zero-order valence-corrected chi connectivity index (χ0v) is 11.0. The van der Waals surface area contributed by atoms with Crippen LogP contribution in [0, 0.1) is 12.7 Å². The molecule has 0 fully saturated rings. The van der Waals surface area contributed by atoms with E-state index in [4.69, 9.17) is 11.6 Å². The van der Waals surface area contributed by atoms with Crippen molar-refractivity contribution in [1.82, 2.24) is 5.32 Å². The fraction of sp³-hybridized carbons (Fsp3) is 0.231. The van der Waals surface area contributed by atoms with E-state index < -0.39 is 0 Å². The van der Waals surface area contributed by atoms with Gasteiger partial charge in [-0.1, -0.05) is 17.7 Å². The first-order valence-electron chi connectivity index (χ1n) is 5.33. The summed E-state index contributed by atoms with van der Waals surface area (Å²) in [6, 6.07) is 4.80. The van der Waals surface area contributed by atoms with Gasteiger partial charge in [0.25, 0.3) is 0 Å². The van der Waals surface area contributed by atoms with E-state index in [1.165, 1.54) is 17.2 Å². The van der Waals surface area contributed by atoms with Gasteiger partial charge in [-0.15, -0.1) is 0 Å². The Morgan fingerprint density at radius 2 is 2.12 bits per heavy atom. The predicted octanol–water partition coefficient (Wildman–Crippen LogP) is 4.14. The quantitative estimate of drug-likeness (QED) is 0.880. The minimum absolute atomic E-state index is 0.177. The minimum atomic E-state index is -0.371. The molecular weight excluding hydrogens is 257 g/mol. The van der Waals surface area contributed by atoms with E-state index in [1.807, 2.05) is 0 Å². The molecule has 0 aliphatic rings. The molecule has 1 aromatic heterocycles. The highest BCUT2D eigenvalue weighted by Crippen LogP contribution is 2.16. The number of thiophene rings is 1. The van der Waals surface area contributed by atoms with Crippen molar-refractivity contribution in [3.63, 3.8) is 0 Å². The van der Waals surface area contributed by atoms with Gasteiger partial charge >= 0.3 is 0 Å². The fourth-order valence-electron chi connectivity index (χ4n) is 1.56. The number of nitrogens with one attached hydrogen (secondary N) is 1. The summed E-state index contributed by atoms with van der Waals surface area (Å²) < 4.78 is 12.9. The number of hydrogen-bond donors (Lipinski definition) is 1. The molecule has 1 aromatic carbocycles. The summed E-state index contributed by atoms with van der Waals surface area (Å²) in [5.74, 6) is -0.371. The molecular formula is C13H13ClFNS. The highest BCUT2D eigenvalue weighted by Gasteiger charge is 2.02. The van der Waals surface area contributed by atoms with Gasteiger partial charge in [-0.2, -0.15) is 11.3 Å². The summed E-state index contributed by atoms with van der Waals surface area (Å²) in [5, 5.41) is 7.76. The molecule has 0 radical (unpaired) electrons. The Balaban J connectivity index is 1.90. The van der Waals surface area contributed by atoms with E-state index in [9.17, 15) is 4.39 Å². The molecule has 0 spiro atoms. The second-order valence-electron chi connectivity index (χ2n) is 3.93. The summed E-state index contributed by atoms with van der Waals surface area (Å²) >= 11 is 7.42. The van der Waals surface area contributed by atoms with Crippen molar-refractivity contribution in [3.05, 3.63) is 56.5 Å². The van der Waals surface area contributed by atoms with Gasteiger partial charge in [0.2, 0.25) is 0 Å². The van der Waals surface area contributed by atoms with E-state index in [2.05, 4.69) is 23.0 Å². The van der Waals surface area contributed by atoms with Crippen LogP contribution < -0.4 is 5.32 Å². The summed E-state index contributed by atoms with van der Waals surface area (Å²) in [7, 11) is 0. The van der Waals surface area contributed by atoms with Crippen molar-refractivity contribution in [1.29, 1.82) is 0 Å². The maximum atomic E-state index is 12.9. The van der Waals surface area contributed by atoms with Crippen LogP contribution in [0.2, 0.25) is 5.02 Å². The Labute approximate surface area is 109 Å². The van der Waals surface area contributed by atoms with Crippen LogP contribution in [0.15, 0.2) is 29.0 Å². The van der Waals surface area contributed by atoms with Crippen LogP contribution in [0.5, 0.6) is 0 Å². The maximum absolute atomic E-state index is 12.9. The number of benzene rings is 1. The van der Waals surface area contributed by atoms with Crippen LogP contribution in [0.3, 0.4) is 0 Å². The van der Waals surface area contributed by atoms with Gasteiger partial charge in [-0.25, -0.2) is 4.39 Å². The zero-order valence-electron chi connectivity index (χ0n) is 9.47. The van der Waals surface area contributed by atoms with Gasteiger partial charge in [0, 0.05) is 13.1 Å². The predicted molar refractivity (Wildman–Crippen MR) is 71.0 cm³/mol. The molecule has 1 heterocycles. The molecule has 17 heavy (non-hydrogen) atoms. The zero-order chi connectivity index (χ0) is 12.3. The molecule has 0 bridgehead atoms. The topological polar surface area (TPSA) is 12.0 Å². The standard InChI is InChI=1S/C13H13ClFNS/c1-9-7-17-8-11(9)6-16-5-10-2-3-13(15)12(14)4-10/h2-4,7-8,16H,5-6H2,1H3. The van der Waals surface area contributed by atoms with Crippen molar-refractivity contribution >= 4 is 22.9 Å². The second-order valence-corrected chi connectivity index (χ2v) is 5.08. The van der Waals surface area contributed by atoms with Gasteiger partial charge in [-0.05, 0) is 46.5 Å². The fourth-order valence-corrected chi connectivity index (χ4v) is 2.62. The third-order valence-electron chi connectivity index (χ3n) is 2.59. The van der Waals surface area contributed by atoms with Crippen LogP contribution in [0.1, 0.15) is 16.7 Å². The Hall–Kier alpha value is -0.900. The molecule has 1 nitrogen and oxygen atoms in total. The smallest absolute Gasteiger partial charge is 0.141 e. The lowest BCUT2D eigenvalue weighted by molar-refractivity contribution is 0.625. The number of rotatable bonds is 4. The first-order valence-corrected chi connectivity index (χ1v) is 6.65. The monoisotopic (exact) mass is 269 g/mol. The first-order chi connectivity index (χ1) is 8.16. The van der Waals surface area contributed by atoms with Crippen molar-refractivity contribution in [2.24, 2.45) is 0 Å². The lowest BCUT2D eigenvalue weighted by Gasteiger charge is -2.05. The SMILES string of the molecule is Cc1cscc1CNCc1ccc(F)c(Cl)c1. The van der Waals surface area contributed by atoms with Crippen LogP contribution in [-0.4, -0.2) is 0 Å². The van der Waals surface area contributed by atoms with Crippen LogP contribution in [0.25, 0.3) is 0 Å². The van der Waals surface area contributed by atoms with Gasteiger partial charge in [0.05, 0.1) is 5.02 Å². The van der Waals surface area contributed by atoms with Crippen LogP contribution in [0.4, 0.5) is 4.39 Å². The average molecular weight is 270 g/mol. The van der Waals surface area contributed by atoms with Gasteiger partial charge in [0.15, 0.2) is 0 Å². The number of aryl methyl sites for hydroxylation is 1. The molecule has 0 saturated heterocycles. The molecule has 2 aromatic rings. The Morgan fingerprint density at radius 3 is 2.76 bits per heavy atom. The number of halogens is 2. The largest absolute Gasteiger partial charge is 0.309 e. The second kappa shape index (κ2) is 5.63. The maximum Gasteiger partial charge on any atom is 0.141 e. The summed E-state index contributed by atoms with van der Waals surface area (Å²) in [4.78, 5) is 0. The van der Waals surface area contributed by atoms with Crippen molar-refractivity contribution in [2.75, 3.05) is 0 Å². The molecule has 4 heteroatoms. The van der Waals surface area contributed by atoms with Gasteiger partial charge in [-0.3, -0.25) is 0 Å². The van der Waals surface area contributed by atoms with Gasteiger partial charge < -0.3 is 5.32 Å². The van der Waals surface area contributed by atoms with Crippen molar-refractivity contribution in [3.8, 4) is 0 Å². The summed E-state index contributed by atoms with van der Waals surface area (Å²) in [6.07, 6.45) is 0. The highest BCUT2D eigenvalue weighted by atomic mass is 35.5. The van der Waals surface area contributed by atoms with E-state index in [-0.39, 0.29) is 10.8 Å². The van der Waals surface area contributed by atoms with Crippen molar-refractivity contribution in [2.45, 2.75) is 20.0 Å². The Morgan fingerprint density at radius 1 is 1.29 bits per heavy atom. The lowest BCUT2D eigenvalue weighted by atomic mass is 10.2. The summed E-state index contributed by atoms with van der Waals surface area (Å²) in [6.45, 7) is 3.61. The van der Waals surface area contributed by atoms with Crippen LogP contribution >= 0.6 is 22.9 Å². The minimum Gasteiger partial charge on any atom is -0.309 e. The van der Waals surface area contributed by atoms with E-state index >= 15 is 0 Å². The summed E-state index contributed by atoms with van der Waals surface area (Å²) in [5.41, 5.74) is 3.60. The van der Waals surface area contributed by atoms with E-state index in [0.29, 0.717) is 6.54 Å². The van der Waals surface area contributed by atoms with E-state index in [0.717, 1.165) is 12.1 Å². The Kier molecular flexibility index (Phi) is 4.15. The third kappa shape index (κ3) is 3.28.